The van der Waals surface area contributed by atoms with Gasteiger partial charge in [-0.15, -0.1) is 0 Å². The fraction of sp³-hybridized carbons (Fsp3) is 0.400. The molecule has 8 heteroatoms. The summed E-state index contributed by atoms with van der Waals surface area (Å²) >= 11 is 0. The molecule has 1 aliphatic heterocycles. The molecular formula is C25H33N5O3. The van der Waals surface area contributed by atoms with E-state index >= 15 is 0 Å². The molecule has 0 radical (unpaired) electrons. The summed E-state index contributed by atoms with van der Waals surface area (Å²) in [6, 6.07) is 17.0. The zero-order chi connectivity index (χ0) is 23.5. The predicted octanol–water partition coefficient (Wildman–Crippen LogP) is 2.54. The zero-order valence-electron chi connectivity index (χ0n) is 19.2. The Hall–Kier alpha value is -3.39. The predicted molar refractivity (Wildman–Crippen MR) is 131 cm³/mol. The highest BCUT2D eigenvalue weighted by Gasteiger charge is 2.21. The molecule has 3 rings (SSSR count). The molecule has 8 nitrogen and oxygen atoms in total. The van der Waals surface area contributed by atoms with Gasteiger partial charge < -0.3 is 20.6 Å². The van der Waals surface area contributed by atoms with Crippen LogP contribution in [0.3, 0.4) is 0 Å². The van der Waals surface area contributed by atoms with E-state index in [0.717, 1.165) is 45.0 Å². The van der Waals surface area contributed by atoms with Gasteiger partial charge in [0.05, 0.1) is 12.1 Å². The third-order valence-corrected chi connectivity index (χ3v) is 5.48. The summed E-state index contributed by atoms with van der Waals surface area (Å²) < 4.78 is 0. The van der Waals surface area contributed by atoms with E-state index in [2.05, 4.69) is 32.6 Å². The monoisotopic (exact) mass is 451 g/mol. The maximum atomic E-state index is 12.0. The van der Waals surface area contributed by atoms with E-state index in [9.17, 15) is 14.7 Å². The Morgan fingerprint density at radius 2 is 1.79 bits per heavy atom. The average Bonchev–Trinajstić information content (AvgIpc) is 2.83. The van der Waals surface area contributed by atoms with Crippen molar-refractivity contribution in [3.8, 4) is 0 Å². The molecule has 1 fully saturated rings. The van der Waals surface area contributed by atoms with Crippen LogP contribution >= 0.6 is 0 Å². The smallest absolute Gasteiger partial charge is 0.335 e. The van der Waals surface area contributed by atoms with Crippen molar-refractivity contribution >= 4 is 23.5 Å². The van der Waals surface area contributed by atoms with Crippen molar-refractivity contribution in [1.29, 1.82) is 0 Å². The van der Waals surface area contributed by atoms with Gasteiger partial charge >= 0.3 is 5.97 Å². The summed E-state index contributed by atoms with van der Waals surface area (Å²) in [6.45, 7) is 6.75. The Kier molecular flexibility index (Phi) is 9.26. The summed E-state index contributed by atoms with van der Waals surface area (Å²) in [5.74, 6) is -0.176. The van der Waals surface area contributed by atoms with Gasteiger partial charge in [-0.1, -0.05) is 43.3 Å². The number of rotatable bonds is 9. The molecule has 0 aromatic heterocycles. The number of hydrogen-bond acceptors (Lipinski definition) is 4. The van der Waals surface area contributed by atoms with Crippen molar-refractivity contribution in [3.63, 3.8) is 0 Å². The highest BCUT2D eigenvalue weighted by molar-refractivity contribution is 5.96. The lowest BCUT2D eigenvalue weighted by Crippen LogP contribution is -2.52. The molecular weight excluding hydrogens is 418 g/mol. The van der Waals surface area contributed by atoms with Crippen LogP contribution in [-0.2, 0) is 11.2 Å². The van der Waals surface area contributed by atoms with E-state index < -0.39 is 5.97 Å². The van der Waals surface area contributed by atoms with Crippen molar-refractivity contribution < 1.29 is 14.7 Å². The van der Waals surface area contributed by atoms with Gasteiger partial charge in [-0.3, -0.25) is 14.7 Å². The zero-order valence-corrected chi connectivity index (χ0v) is 19.2. The minimum atomic E-state index is -0.962. The minimum absolute atomic E-state index is 0.0608. The highest BCUT2D eigenvalue weighted by Crippen LogP contribution is 2.13. The summed E-state index contributed by atoms with van der Waals surface area (Å²) in [7, 11) is 0. The van der Waals surface area contributed by atoms with E-state index in [1.807, 2.05) is 31.2 Å². The van der Waals surface area contributed by atoms with Gasteiger partial charge in [0.25, 0.3) is 0 Å². The Morgan fingerprint density at radius 1 is 1.03 bits per heavy atom. The molecule has 1 amide bonds. The third-order valence-electron chi connectivity index (χ3n) is 5.48. The van der Waals surface area contributed by atoms with Crippen LogP contribution in [0.4, 0.5) is 5.69 Å². The third kappa shape index (κ3) is 7.91. The van der Waals surface area contributed by atoms with Crippen LogP contribution in [0.15, 0.2) is 59.6 Å². The van der Waals surface area contributed by atoms with Crippen molar-refractivity contribution in [3.05, 3.63) is 65.7 Å². The van der Waals surface area contributed by atoms with E-state index in [0.29, 0.717) is 25.3 Å². The Labute approximate surface area is 195 Å². The number of amides is 1. The van der Waals surface area contributed by atoms with Crippen LogP contribution in [-0.4, -0.2) is 78.6 Å². The number of carbonyl (C=O) groups is 2. The molecule has 1 saturated heterocycles. The summed E-state index contributed by atoms with van der Waals surface area (Å²) in [5, 5.41) is 15.6. The second kappa shape index (κ2) is 12.6. The second-order valence-electron chi connectivity index (χ2n) is 8.07. The molecule has 176 valence electrons. The number of carboxylic acids is 1. The number of benzene rings is 2. The number of anilines is 1. The molecule has 0 bridgehead atoms. The lowest BCUT2D eigenvalue weighted by molar-refractivity contribution is -0.122. The van der Waals surface area contributed by atoms with E-state index in [1.165, 1.54) is 5.56 Å². The normalized spacial score (nSPS) is 14.7. The number of guanidine groups is 1. The van der Waals surface area contributed by atoms with E-state index in [-0.39, 0.29) is 11.5 Å². The second-order valence-corrected chi connectivity index (χ2v) is 8.07. The molecule has 2 aromatic rings. The van der Waals surface area contributed by atoms with Gasteiger partial charge in [0.2, 0.25) is 5.91 Å². The molecule has 33 heavy (non-hydrogen) atoms. The SMILES string of the molecule is CCCNC(=O)CN1CCN(C(=NCCc2ccccc2)Nc2cccc(C(=O)O)c2)CC1. The molecule has 2 aromatic carbocycles. The molecule has 3 N–H and O–H groups in total. The summed E-state index contributed by atoms with van der Waals surface area (Å²) in [5.41, 5.74) is 2.14. The number of nitrogens with zero attached hydrogens (tertiary/aromatic N) is 3. The van der Waals surface area contributed by atoms with Gasteiger partial charge in [-0.25, -0.2) is 4.79 Å². The first-order chi connectivity index (χ1) is 16.0. The number of carboxylic acid groups (broad SMARTS) is 1. The van der Waals surface area contributed by atoms with E-state index in [4.69, 9.17) is 4.99 Å². The molecule has 1 aliphatic rings. The van der Waals surface area contributed by atoms with E-state index in [1.54, 1.807) is 18.2 Å². The Morgan fingerprint density at radius 3 is 2.48 bits per heavy atom. The van der Waals surface area contributed by atoms with Crippen molar-refractivity contribution in [2.45, 2.75) is 19.8 Å². The maximum Gasteiger partial charge on any atom is 0.335 e. The van der Waals surface area contributed by atoms with Crippen LogP contribution in [0, 0.1) is 0 Å². The van der Waals surface area contributed by atoms with Crippen LogP contribution in [0.25, 0.3) is 0 Å². The van der Waals surface area contributed by atoms with Crippen LogP contribution < -0.4 is 10.6 Å². The molecule has 0 atom stereocenters. The Balaban J connectivity index is 1.65. The van der Waals surface area contributed by atoms with Gasteiger partial charge in [0, 0.05) is 45.0 Å². The topological polar surface area (TPSA) is 97.3 Å². The quantitative estimate of drug-likeness (QED) is 0.400. The van der Waals surface area contributed by atoms with Crippen molar-refractivity contribution in [2.24, 2.45) is 4.99 Å². The molecule has 0 unspecified atom stereocenters. The number of carbonyl (C=O) groups excluding carboxylic acids is 1. The molecule has 0 spiro atoms. The van der Waals surface area contributed by atoms with Crippen LogP contribution in [0.5, 0.6) is 0 Å². The lowest BCUT2D eigenvalue weighted by atomic mass is 10.1. The lowest BCUT2D eigenvalue weighted by Gasteiger charge is -2.36. The number of nitrogens with one attached hydrogen (secondary N) is 2. The summed E-state index contributed by atoms with van der Waals surface area (Å²) in [6.07, 6.45) is 1.75. The number of piperazine rings is 1. The fourth-order valence-electron chi connectivity index (χ4n) is 3.65. The molecule has 0 saturated carbocycles. The minimum Gasteiger partial charge on any atom is -0.478 e. The average molecular weight is 452 g/mol. The first kappa shape index (κ1) is 24.3. The Bertz CT molecular complexity index is 940. The van der Waals surface area contributed by atoms with Gasteiger partial charge in [0.15, 0.2) is 5.96 Å². The number of aromatic carboxylic acids is 1. The van der Waals surface area contributed by atoms with Gasteiger partial charge in [-0.2, -0.15) is 0 Å². The summed E-state index contributed by atoms with van der Waals surface area (Å²) in [4.78, 5) is 32.5. The molecule has 0 aliphatic carbocycles. The van der Waals surface area contributed by atoms with Crippen molar-refractivity contribution in [2.75, 3.05) is 51.1 Å². The van der Waals surface area contributed by atoms with Crippen LogP contribution in [0.1, 0.15) is 29.3 Å². The standard InChI is InChI=1S/C25H33N5O3/c1-2-12-26-23(31)19-29-14-16-30(17-15-29)25(27-13-11-20-7-4-3-5-8-20)28-22-10-6-9-21(18-22)24(32)33/h3-10,18H,2,11-17,19H2,1H3,(H,26,31)(H,27,28)(H,32,33). The number of hydrogen-bond donors (Lipinski definition) is 3. The molecule has 1 heterocycles. The highest BCUT2D eigenvalue weighted by atomic mass is 16.4. The van der Waals surface area contributed by atoms with Crippen LogP contribution in [0.2, 0.25) is 0 Å². The number of aliphatic imine (C=N–C) groups is 1. The first-order valence-corrected chi connectivity index (χ1v) is 11.5. The van der Waals surface area contributed by atoms with Crippen molar-refractivity contribution in [1.82, 2.24) is 15.1 Å². The van der Waals surface area contributed by atoms with Gasteiger partial charge in [0.1, 0.15) is 0 Å². The largest absolute Gasteiger partial charge is 0.478 e. The first-order valence-electron chi connectivity index (χ1n) is 11.5. The fourth-order valence-corrected chi connectivity index (χ4v) is 3.65. The van der Waals surface area contributed by atoms with Gasteiger partial charge in [-0.05, 0) is 36.6 Å². The maximum absolute atomic E-state index is 12.0.